The van der Waals surface area contributed by atoms with Gasteiger partial charge >= 0.3 is 25.4 Å². The molecule has 1 atom stereocenters. The van der Waals surface area contributed by atoms with Crippen LogP contribution in [0.4, 0.5) is 0 Å². The zero-order chi connectivity index (χ0) is 7.28. The van der Waals surface area contributed by atoms with Crippen LogP contribution in [0.3, 0.4) is 0 Å². The van der Waals surface area contributed by atoms with E-state index < -0.39 is 12.0 Å². The number of aliphatic carboxylic acids is 1. The Kier molecular flexibility index (Phi) is 17.6. The topological polar surface area (TPSA) is 63.3 Å². The Balaban J connectivity index is -0.000000320. The van der Waals surface area contributed by atoms with Gasteiger partial charge in [-0.25, -0.2) is 0 Å². The zero-order valence-corrected chi connectivity index (χ0v) is 11.8. The molecule has 0 saturated heterocycles. The van der Waals surface area contributed by atoms with E-state index in [-0.39, 0.29) is 36.5 Å². The van der Waals surface area contributed by atoms with Crippen LogP contribution in [0.1, 0.15) is 6.42 Å². The van der Waals surface area contributed by atoms with Crippen LogP contribution in [0.5, 0.6) is 0 Å². The SMILES string of the molecule is CSCCC(N)C(=O)O.[Br-].[Zn+2]. The van der Waals surface area contributed by atoms with Crippen LogP contribution in [-0.4, -0.2) is 29.1 Å². The molecule has 0 aliphatic carbocycles. The predicted octanol–water partition coefficient (Wildman–Crippen LogP) is -2.85. The van der Waals surface area contributed by atoms with Crippen molar-refractivity contribution >= 4 is 17.7 Å². The van der Waals surface area contributed by atoms with Gasteiger partial charge in [0, 0.05) is 0 Å². The maximum absolute atomic E-state index is 10.1. The van der Waals surface area contributed by atoms with Gasteiger partial charge < -0.3 is 27.8 Å². The molecule has 6 heteroatoms. The van der Waals surface area contributed by atoms with Crippen LogP contribution in [0.15, 0.2) is 0 Å². The zero-order valence-electron chi connectivity index (χ0n) is 6.42. The monoisotopic (exact) mass is 292 g/mol. The van der Waals surface area contributed by atoms with Crippen molar-refractivity contribution in [2.45, 2.75) is 12.5 Å². The fourth-order valence-electron chi connectivity index (χ4n) is 0.368. The van der Waals surface area contributed by atoms with Gasteiger partial charge in [-0.3, -0.25) is 4.79 Å². The van der Waals surface area contributed by atoms with E-state index in [0.29, 0.717) is 6.42 Å². The van der Waals surface area contributed by atoms with E-state index in [0.717, 1.165) is 5.75 Å². The standard InChI is InChI=1S/C5H11NO2S.BrH.Zn/c1-9-3-2-4(6)5(7)8;;/h4H,2-3,6H2,1H3,(H,7,8);1H;/q;;+2/p-1. The molecule has 3 N–H and O–H groups in total. The van der Waals surface area contributed by atoms with Crippen LogP contribution >= 0.6 is 11.8 Å². The Bertz CT molecular complexity index is 106. The van der Waals surface area contributed by atoms with Crippen LogP contribution in [0, 0.1) is 0 Å². The summed E-state index contributed by atoms with van der Waals surface area (Å²) >= 11 is 1.60. The first-order valence-corrected chi connectivity index (χ1v) is 4.05. The van der Waals surface area contributed by atoms with E-state index in [1.807, 2.05) is 6.26 Å². The minimum Gasteiger partial charge on any atom is -1.00 e. The largest absolute Gasteiger partial charge is 2.00 e. The second-order valence-corrected chi connectivity index (χ2v) is 2.71. The Morgan fingerprint density at radius 1 is 1.73 bits per heavy atom. The van der Waals surface area contributed by atoms with Crippen molar-refractivity contribution in [3.05, 3.63) is 0 Å². The summed E-state index contributed by atoms with van der Waals surface area (Å²) in [6, 6.07) is -0.683. The molecule has 0 rings (SSSR count). The Labute approximate surface area is 94.0 Å². The molecular weight excluding hydrogens is 283 g/mol. The predicted molar refractivity (Wildman–Crippen MR) is 38.6 cm³/mol. The quantitative estimate of drug-likeness (QED) is 0.548. The van der Waals surface area contributed by atoms with E-state index in [2.05, 4.69) is 0 Å². The number of carboxylic acids is 1. The van der Waals surface area contributed by atoms with Crippen molar-refractivity contribution in [3.63, 3.8) is 0 Å². The summed E-state index contributed by atoms with van der Waals surface area (Å²) in [6.07, 6.45) is 2.48. The van der Waals surface area contributed by atoms with E-state index in [4.69, 9.17) is 10.8 Å². The fourth-order valence-corrected chi connectivity index (χ4v) is 0.858. The summed E-state index contributed by atoms with van der Waals surface area (Å²) in [5.74, 6) is -0.1000. The van der Waals surface area contributed by atoms with Crippen molar-refractivity contribution in [2.24, 2.45) is 5.73 Å². The minimum absolute atomic E-state index is 0. The molecule has 0 aliphatic heterocycles. The maximum atomic E-state index is 10.1. The van der Waals surface area contributed by atoms with Gasteiger partial charge in [0.15, 0.2) is 0 Å². The Morgan fingerprint density at radius 2 is 2.18 bits per heavy atom. The molecule has 0 aromatic heterocycles. The first-order valence-electron chi connectivity index (χ1n) is 2.65. The second-order valence-electron chi connectivity index (χ2n) is 1.73. The molecular formula is C5H11BrNO2SZn+. The van der Waals surface area contributed by atoms with Crippen LogP contribution in [0.2, 0.25) is 0 Å². The fraction of sp³-hybridized carbons (Fsp3) is 0.800. The van der Waals surface area contributed by atoms with Crippen molar-refractivity contribution in [2.75, 3.05) is 12.0 Å². The smallest absolute Gasteiger partial charge is 1.00 e. The third kappa shape index (κ3) is 10.9. The number of thioether (sulfide) groups is 1. The normalized spacial score (nSPS) is 10.7. The van der Waals surface area contributed by atoms with Crippen LogP contribution in [-0.2, 0) is 24.3 Å². The number of rotatable bonds is 4. The third-order valence-electron chi connectivity index (χ3n) is 0.950. The average Bonchev–Trinajstić information content (AvgIpc) is 1.82. The van der Waals surface area contributed by atoms with Crippen LogP contribution in [0.25, 0.3) is 0 Å². The number of carbonyl (C=O) groups is 1. The molecule has 0 radical (unpaired) electrons. The van der Waals surface area contributed by atoms with Gasteiger partial charge in [0.25, 0.3) is 0 Å². The van der Waals surface area contributed by atoms with E-state index in [9.17, 15) is 4.79 Å². The molecule has 0 spiro atoms. The minimum atomic E-state index is -0.913. The number of carboxylic acid groups (broad SMARTS) is 1. The molecule has 0 amide bonds. The molecule has 0 saturated carbocycles. The molecule has 0 aromatic rings. The summed E-state index contributed by atoms with van der Waals surface area (Å²) in [7, 11) is 0. The first-order chi connectivity index (χ1) is 4.18. The Morgan fingerprint density at radius 3 is 2.45 bits per heavy atom. The molecule has 1 unspecified atom stereocenters. The van der Waals surface area contributed by atoms with Gasteiger partial charge in [-0.2, -0.15) is 11.8 Å². The van der Waals surface area contributed by atoms with Gasteiger partial charge in [-0.15, -0.1) is 0 Å². The summed E-state index contributed by atoms with van der Waals surface area (Å²) in [6.45, 7) is 0. The van der Waals surface area contributed by atoms with Crippen molar-refractivity contribution in [3.8, 4) is 0 Å². The summed E-state index contributed by atoms with van der Waals surface area (Å²) in [4.78, 5) is 10.1. The molecule has 0 fully saturated rings. The average molecular weight is 295 g/mol. The summed E-state index contributed by atoms with van der Waals surface area (Å²) < 4.78 is 0. The van der Waals surface area contributed by atoms with E-state index >= 15 is 0 Å². The molecule has 0 aliphatic rings. The molecule has 62 valence electrons. The number of hydrogen-bond donors (Lipinski definition) is 2. The first kappa shape index (κ1) is 17.8. The van der Waals surface area contributed by atoms with Gasteiger partial charge in [0.05, 0.1) is 0 Å². The molecule has 11 heavy (non-hydrogen) atoms. The van der Waals surface area contributed by atoms with E-state index in [1.165, 1.54) is 0 Å². The third-order valence-corrected chi connectivity index (χ3v) is 1.59. The van der Waals surface area contributed by atoms with Crippen LogP contribution < -0.4 is 22.7 Å². The molecule has 0 bridgehead atoms. The van der Waals surface area contributed by atoms with Gasteiger partial charge in [-0.05, 0) is 18.4 Å². The molecule has 3 nitrogen and oxygen atoms in total. The van der Waals surface area contributed by atoms with E-state index in [1.54, 1.807) is 11.8 Å². The maximum Gasteiger partial charge on any atom is 2.00 e. The van der Waals surface area contributed by atoms with Crippen molar-refractivity contribution in [1.29, 1.82) is 0 Å². The molecule has 0 heterocycles. The number of hydrogen-bond acceptors (Lipinski definition) is 3. The van der Waals surface area contributed by atoms with Crippen molar-refractivity contribution < 1.29 is 46.4 Å². The summed E-state index contributed by atoms with van der Waals surface area (Å²) in [5.41, 5.74) is 5.19. The van der Waals surface area contributed by atoms with Crippen molar-refractivity contribution in [1.82, 2.24) is 0 Å². The van der Waals surface area contributed by atoms with Gasteiger partial charge in [-0.1, -0.05) is 0 Å². The van der Waals surface area contributed by atoms with Gasteiger partial charge in [0.2, 0.25) is 0 Å². The number of halogens is 1. The Hall–Kier alpha value is 0.883. The number of nitrogens with two attached hydrogens (primary N) is 1. The van der Waals surface area contributed by atoms with Gasteiger partial charge in [0.1, 0.15) is 6.04 Å². The molecule has 0 aromatic carbocycles. The second kappa shape index (κ2) is 10.9. The summed E-state index contributed by atoms with van der Waals surface area (Å²) in [5, 5.41) is 8.27.